The van der Waals surface area contributed by atoms with Crippen molar-refractivity contribution in [2.75, 3.05) is 19.8 Å². The highest BCUT2D eigenvalue weighted by Gasteiger charge is 2.50. The summed E-state index contributed by atoms with van der Waals surface area (Å²) in [6.45, 7) is 14.4. The Balaban J connectivity index is 2.77. The van der Waals surface area contributed by atoms with Crippen LogP contribution in [0.2, 0.25) is 6.32 Å². The third-order valence-electron chi connectivity index (χ3n) is 6.04. The Morgan fingerprint density at radius 3 is 2.23 bits per heavy atom. The molecule has 1 atom stereocenters. The maximum atomic E-state index is 12.8. The summed E-state index contributed by atoms with van der Waals surface area (Å²) < 4.78 is 23.2. The molecule has 1 saturated heterocycles. The fraction of sp³-hybridized carbons (Fsp3) is 0.870. The lowest BCUT2D eigenvalue weighted by Crippen LogP contribution is -2.55. The molecule has 0 saturated carbocycles. The van der Waals surface area contributed by atoms with Gasteiger partial charge in [-0.25, -0.2) is 4.79 Å². The first-order chi connectivity index (χ1) is 14.6. The monoisotopic (exact) mass is 441 g/mol. The Hall–Kier alpha value is -1.25. The number of hydrogen-bond donors (Lipinski definition) is 2. The van der Waals surface area contributed by atoms with Crippen LogP contribution >= 0.6 is 0 Å². The highest BCUT2D eigenvalue weighted by Crippen LogP contribution is 2.38. The fourth-order valence-electron chi connectivity index (χ4n) is 3.38. The van der Waals surface area contributed by atoms with Crippen molar-refractivity contribution < 1.29 is 28.7 Å². The molecule has 1 aliphatic heterocycles. The van der Waals surface area contributed by atoms with Crippen LogP contribution in [0.4, 0.5) is 0 Å². The van der Waals surface area contributed by atoms with Gasteiger partial charge in [-0.05, 0) is 66.3 Å². The lowest BCUT2D eigenvalue weighted by atomic mass is 9.81. The number of nitrogens with one attached hydrogen (secondary N) is 1. The van der Waals surface area contributed by atoms with Crippen LogP contribution in [0.25, 0.3) is 0 Å². The van der Waals surface area contributed by atoms with Crippen molar-refractivity contribution in [1.29, 1.82) is 0 Å². The Morgan fingerprint density at radius 1 is 1.06 bits per heavy atom. The second-order valence-corrected chi connectivity index (χ2v) is 9.20. The van der Waals surface area contributed by atoms with Gasteiger partial charge in [0.25, 0.3) is 0 Å². The van der Waals surface area contributed by atoms with Crippen molar-refractivity contribution in [2.45, 2.75) is 110 Å². The highest BCUT2D eigenvalue weighted by atomic mass is 16.7. The lowest BCUT2D eigenvalue weighted by molar-refractivity contribution is -0.153. The molecule has 0 aromatic carbocycles. The Labute approximate surface area is 189 Å². The summed E-state index contributed by atoms with van der Waals surface area (Å²) in [5.74, 6) is 0.0539. The minimum atomic E-state index is -1.24. The summed E-state index contributed by atoms with van der Waals surface area (Å²) in [7, 11) is -0.267. The molecule has 0 amide bonds. The number of rotatable bonds is 15. The first kappa shape index (κ1) is 27.8. The number of carbonyl (C=O) groups is 1. The number of aliphatic hydroxyl groups excluding tert-OH is 1. The van der Waals surface area contributed by atoms with E-state index in [1.165, 1.54) is 0 Å². The van der Waals surface area contributed by atoms with Gasteiger partial charge in [-0.15, -0.1) is 0 Å². The first-order valence-electron chi connectivity index (χ1n) is 11.8. The van der Waals surface area contributed by atoms with Gasteiger partial charge < -0.3 is 29.2 Å². The molecule has 2 N–H and O–H groups in total. The van der Waals surface area contributed by atoms with E-state index in [0.717, 1.165) is 32.0 Å². The molecule has 1 heterocycles. The molecule has 8 heteroatoms. The van der Waals surface area contributed by atoms with E-state index in [2.05, 4.69) is 12.2 Å². The normalized spacial score (nSPS) is 19.7. The van der Waals surface area contributed by atoms with Gasteiger partial charge in [0, 0.05) is 0 Å². The number of esters is 1. The maximum Gasteiger partial charge on any atom is 0.457 e. The Bertz CT molecular complexity index is 564. The molecule has 0 radical (unpaired) electrons. The van der Waals surface area contributed by atoms with Crippen LogP contribution in [0.5, 0.6) is 0 Å². The van der Waals surface area contributed by atoms with Crippen LogP contribution in [-0.2, 0) is 23.6 Å². The minimum absolute atomic E-state index is 0.250. The van der Waals surface area contributed by atoms with Gasteiger partial charge in [0.05, 0.1) is 31.0 Å². The van der Waals surface area contributed by atoms with Crippen LogP contribution in [0.3, 0.4) is 0 Å². The minimum Gasteiger partial charge on any atom is -0.479 e. The molecule has 0 aromatic heterocycles. The molecule has 1 unspecified atom stereocenters. The van der Waals surface area contributed by atoms with E-state index in [1.807, 2.05) is 40.7 Å². The molecule has 1 aliphatic rings. The molecule has 31 heavy (non-hydrogen) atoms. The van der Waals surface area contributed by atoms with Crippen LogP contribution in [0.1, 0.15) is 87.0 Å². The van der Waals surface area contributed by atoms with Crippen molar-refractivity contribution >= 4 is 13.1 Å². The van der Waals surface area contributed by atoms with Gasteiger partial charge in [0.15, 0.2) is 11.4 Å². The van der Waals surface area contributed by atoms with Gasteiger partial charge >= 0.3 is 13.1 Å². The topological polar surface area (TPSA) is 86.2 Å². The Kier molecular flexibility index (Phi) is 11.4. The smallest absolute Gasteiger partial charge is 0.457 e. The van der Waals surface area contributed by atoms with Crippen LogP contribution < -0.4 is 5.32 Å². The van der Waals surface area contributed by atoms with Gasteiger partial charge in [-0.2, -0.15) is 0 Å². The molecule has 1 rings (SSSR count). The summed E-state index contributed by atoms with van der Waals surface area (Å²) in [4.78, 5) is 12.8. The van der Waals surface area contributed by atoms with Crippen molar-refractivity contribution in [1.82, 2.24) is 5.32 Å². The zero-order valence-electron chi connectivity index (χ0n) is 20.7. The SMILES string of the molecule is CC/C=C(/NC(CO)(CCCCB1OC(C)(C)C(C)(C)O1)C(=O)OCC)OCCCC. The van der Waals surface area contributed by atoms with Crippen LogP contribution in [-0.4, -0.2) is 54.8 Å². The zero-order chi connectivity index (χ0) is 23.5. The number of hydrogen-bond acceptors (Lipinski definition) is 7. The van der Waals surface area contributed by atoms with Crippen molar-refractivity contribution in [2.24, 2.45) is 0 Å². The third kappa shape index (κ3) is 7.99. The number of aliphatic hydroxyl groups is 1. The summed E-state index contributed by atoms with van der Waals surface area (Å²) in [5, 5.41) is 13.4. The van der Waals surface area contributed by atoms with E-state index in [9.17, 15) is 9.90 Å². The maximum absolute atomic E-state index is 12.8. The van der Waals surface area contributed by atoms with E-state index in [-0.39, 0.29) is 31.5 Å². The van der Waals surface area contributed by atoms with Crippen LogP contribution in [0.15, 0.2) is 12.0 Å². The summed E-state index contributed by atoms with van der Waals surface area (Å²) in [6.07, 6.45) is 7.21. The molecule has 7 nitrogen and oxygen atoms in total. The van der Waals surface area contributed by atoms with E-state index < -0.39 is 11.5 Å². The van der Waals surface area contributed by atoms with E-state index in [0.29, 0.717) is 25.3 Å². The molecule has 1 fully saturated rings. The second kappa shape index (κ2) is 12.7. The fourth-order valence-corrected chi connectivity index (χ4v) is 3.38. The van der Waals surface area contributed by atoms with Gasteiger partial charge in [-0.3, -0.25) is 0 Å². The molecule has 0 aromatic rings. The molecule has 180 valence electrons. The number of ether oxygens (including phenoxy) is 2. The third-order valence-corrected chi connectivity index (χ3v) is 6.04. The zero-order valence-corrected chi connectivity index (χ0v) is 20.7. The molecular weight excluding hydrogens is 397 g/mol. The largest absolute Gasteiger partial charge is 0.479 e. The highest BCUT2D eigenvalue weighted by molar-refractivity contribution is 6.45. The van der Waals surface area contributed by atoms with Crippen molar-refractivity contribution in [3.63, 3.8) is 0 Å². The standard InChI is InChI=1S/C23H44BNO6/c1-8-11-17-29-19(14-9-2)25-23(18-26,20(27)28-10-3)15-12-13-16-24-30-21(4,5)22(6,7)31-24/h14,25-26H,8-13,15-18H2,1-7H3/b19-14-. The first-order valence-corrected chi connectivity index (χ1v) is 11.8. The number of allylic oxidation sites excluding steroid dienone is 1. The van der Waals surface area contributed by atoms with Crippen LogP contribution in [0, 0.1) is 0 Å². The molecular formula is C23H44BNO6. The summed E-state index contributed by atoms with van der Waals surface area (Å²) >= 11 is 0. The molecule has 0 spiro atoms. The number of unbranched alkanes of at least 4 members (excludes halogenated alkanes) is 2. The Morgan fingerprint density at radius 2 is 1.71 bits per heavy atom. The molecule has 0 aliphatic carbocycles. The second-order valence-electron chi connectivity index (χ2n) is 9.20. The summed E-state index contributed by atoms with van der Waals surface area (Å²) in [5.41, 5.74) is -1.94. The summed E-state index contributed by atoms with van der Waals surface area (Å²) in [6, 6.07) is 0. The molecule has 0 bridgehead atoms. The predicted octanol–water partition coefficient (Wildman–Crippen LogP) is 4.20. The van der Waals surface area contributed by atoms with Gasteiger partial charge in [-0.1, -0.05) is 33.1 Å². The van der Waals surface area contributed by atoms with Crippen molar-refractivity contribution in [3.8, 4) is 0 Å². The van der Waals surface area contributed by atoms with Crippen molar-refractivity contribution in [3.05, 3.63) is 12.0 Å². The quantitative estimate of drug-likeness (QED) is 0.170. The predicted molar refractivity (Wildman–Crippen MR) is 124 cm³/mol. The van der Waals surface area contributed by atoms with Gasteiger partial charge in [0.1, 0.15) is 0 Å². The lowest BCUT2D eigenvalue weighted by Gasteiger charge is -2.32. The van der Waals surface area contributed by atoms with E-state index in [4.69, 9.17) is 18.8 Å². The number of carbonyl (C=O) groups excluding carboxylic acids is 1. The van der Waals surface area contributed by atoms with Gasteiger partial charge in [0.2, 0.25) is 0 Å². The van der Waals surface area contributed by atoms with E-state index in [1.54, 1.807) is 6.92 Å². The van der Waals surface area contributed by atoms with E-state index >= 15 is 0 Å². The average molecular weight is 441 g/mol. The average Bonchev–Trinajstić information content (AvgIpc) is 2.91.